The van der Waals surface area contributed by atoms with Crippen molar-refractivity contribution in [1.29, 1.82) is 0 Å². The summed E-state index contributed by atoms with van der Waals surface area (Å²) in [6.45, 7) is 8.92. The minimum absolute atomic E-state index is 0.0242. The van der Waals surface area contributed by atoms with Crippen LogP contribution in [0.4, 0.5) is 0 Å². The van der Waals surface area contributed by atoms with Gasteiger partial charge in [0.2, 0.25) is 0 Å². The molecule has 0 saturated heterocycles. The number of rotatable bonds is 5. The third kappa shape index (κ3) is 3.75. The van der Waals surface area contributed by atoms with Gasteiger partial charge in [-0.15, -0.1) is 0 Å². The summed E-state index contributed by atoms with van der Waals surface area (Å²) in [6, 6.07) is 10.4. The molecule has 0 saturated carbocycles. The summed E-state index contributed by atoms with van der Waals surface area (Å²) < 4.78 is 1.69. The molecule has 28 heavy (non-hydrogen) atoms. The number of nitrogens with one attached hydrogen (secondary N) is 1. The molecule has 4 rings (SSSR count). The van der Waals surface area contributed by atoms with Crippen molar-refractivity contribution in [3.05, 3.63) is 59.2 Å². The Labute approximate surface area is 164 Å². The van der Waals surface area contributed by atoms with Gasteiger partial charge in [-0.05, 0) is 36.5 Å². The Bertz CT molecular complexity index is 995. The van der Waals surface area contributed by atoms with E-state index in [4.69, 9.17) is 0 Å². The Kier molecular flexibility index (Phi) is 5.09. The van der Waals surface area contributed by atoms with Crippen molar-refractivity contribution in [2.45, 2.75) is 45.7 Å². The fourth-order valence-corrected chi connectivity index (χ4v) is 3.80. The number of nitrogens with zero attached hydrogens (tertiary/aromatic N) is 5. The molecule has 1 amide bonds. The largest absolute Gasteiger partial charge is 0.347 e. The van der Waals surface area contributed by atoms with E-state index in [9.17, 15) is 4.79 Å². The van der Waals surface area contributed by atoms with Crippen LogP contribution in [0.1, 0.15) is 54.0 Å². The molecule has 3 heterocycles. The van der Waals surface area contributed by atoms with Crippen LogP contribution in [0.3, 0.4) is 0 Å². The zero-order valence-corrected chi connectivity index (χ0v) is 16.6. The number of fused-ring (bicyclic) bond motifs is 2. The summed E-state index contributed by atoms with van der Waals surface area (Å²) in [6.07, 6.45) is 2.52. The Balaban J connectivity index is 1.43. The van der Waals surface area contributed by atoms with E-state index in [0.29, 0.717) is 11.5 Å². The molecule has 2 aromatic heterocycles. The van der Waals surface area contributed by atoms with Gasteiger partial charge in [0.05, 0.1) is 5.69 Å². The number of benzene rings is 1. The van der Waals surface area contributed by atoms with Crippen molar-refractivity contribution in [2.24, 2.45) is 0 Å². The first-order valence-electron chi connectivity index (χ1n) is 9.82. The first-order chi connectivity index (χ1) is 13.5. The topological polar surface area (TPSA) is 75.4 Å². The van der Waals surface area contributed by atoms with Gasteiger partial charge >= 0.3 is 0 Å². The molecular formula is C21H26N6O. The summed E-state index contributed by atoms with van der Waals surface area (Å²) in [5.74, 6) is 0.499. The van der Waals surface area contributed by atoms with Gasteiger partial charge < -0.3 is 5.32 Å². The van der Waals surface area contributed by atoms with E-state index in [1.165, 1.54) is 17.5 Å². The molecular weight excluding hydrogens is 352 g/mol. The van der Waals surface area contributed by atoms with Crippen LogP contribution in [0.25, 0.3) is 5.78 Å². The third-order valence-electron chi connectivity index (χ3n) is 5.22. The van der Waals surface area contributed by atoms with Gasteiger partial charge in [-0.25, -0.2) is 9.50 Å². The summed E-state index contributed by atoms with van der Waals surface area (Å²) in [5.41, 5.74) is 4.13. The average Bonchev–Trinajstić information content (AvgIpc) is 3.15. The molecule has 1 N–H and O–H groups in total. The van der Waals surface area contributed by atoms with Crippen LogP contribution < -0.4 is 5.32 Å². The molecule has 0 fully saturated rings. The minimum Gasteiger partial charge on any atom is -0.347 e. The predicted octanol–water partition coefficient (Wildman–Crippen LogP) is 2.42. The van der Waals surface area contributed by atoms with Crippen LogP contribution in [-0.4, -0.2) is 49.5 Å². The molecule has 0 aliphatic carbocycles. The zero-order valence-electron chi connectivity index (χ0n) is 16.6. The molecule has 3 aromatic rings. The van der Waals surface area contributed by atoms with Gasteiger partial charge in [0.15, 0.2) is 0 Å². The minimum atomic E-state index is -0.169. The zero-order chi connectivity index (χ0) is 19.7. The first-order valence-corrected chi connectivity index (χ1v) is 9.82. The van der Waals surface area contributed by atoms with Crippen molar-refractivity contribution in [2.75, 3.05) is 13.1 Å². The highest BCUT2D eigenvalue weighted by atomic mass is 16.1. The predicted molar refractivity (Wildman–Crippen MR) is 107 cm³/mol. The van der Waals surface area contributed by atoms with Crippen molar-refractivity contribution in [3.8, 4) is 0 Å². The summed E-state index contributed by atoms with van der Waals surface area (Å²) in [4.78, 5) is 23.7. The third-order valence-corrected chi connectivity index (χ3v) is 5.22. The van der Waals surface area contributed by atoms with Crippen LogP contribution >= 0.6 is 0 Å². The van der Waals surface area contributed by atoms with Crippen molar-refractivity contribution >= 4 is 11.7 Å². The van der Waals surface area contributed by atoms with E-state index in [0.717, 1.165) is 31.7 Å². The number of hydrogen-bond acceptors (Lipinski definition) is 5. The van der Waals surface area contributed by atoms with E-state index in [-0.39, 0.29) is 17.9 Å². The van der Waals surface area contributed by atoms with Crippen molar-refractivity contribution in [3.63, 3.8) is 0 Å². The fourth-order valence-electron chi connectivity index (χ4n) is 3.80. The SMILES string of the molecule is CC(CN1CCc2ccccc2C1)NC(=O)c1cc(C(C)C)n2ncnc2n1. The average molecular weight is 378 g/mol. The normalized spacial score (nSPS) is 15.6. The quantitative estimate of drug-likeness (QED) is 0.738. The second kappa shape index (κ2) is 7.67. The van der Waals surface area contributed by atoms with Crippen LogP contribution in [0, 0.1) is 0 Å². The molecule has 1 aromatic carbocycles. The molecule has 1 atom stereocenters. The molecule has 7 heteroatoms. The molecule has 146 valence electrons. The molecule has 1 aliphatic heterocycles. The maximum Gasteiger partial charge on any atom is 0.270 e. The standard InChI is InChI=1S/C21H26N6O/c1-14(2)19-10-18(25-21-22-13-23-27(19)21)20(28)24-15(3)11-26-9-8-16-6-4-5-7-17(16)12-26/h4-7,10,13-15H,8-9,11-12H2,1-3H3,(H,24,28). The van der Waals surface area contributed by atoms with Gasteiger partial charge in [0, 0.05) is 25.7 Å². The van der Waals surface area contributed by atoms with E-state index in [1.807, 2.05) is 13.0 Å². The molecule has 0 bridgehead atoms. The van der Waals surface area contributed by atoms with E-state index >= 15 is 0 Å². The van der Waals surface area contributed by atoms with E-state index < -0.39 is 0 Å². The second-order valence-electron chi connectivity index (χ2n) is 7.82. The summed E-state index contributed by atoms with van der Waals surface area (Å²) >= 11 is 0. The Morgan fingerprint density at radius 3 is 2.79 bits per heavy atom. The Hall–Kier alpha value is -2.80. The van der Waals surface area contributed by atoms with Crippen LogP contribution in [0.2, 0.25) is 0 Å². The monoisotopic (exact) mass is 378 g/mol. The molecule has 1 unspecified atom stereocenters. The number of carbonyl (C=O) groups is 1. The van der Waals surface area contributed by atoms with Gasteiger partial charge in [0.1, 0.15) is 12.0 Å². The molecule has 0 spiro atoms. The number of amides is 1. The summed E-state index contributed by atoms with van der Waals surface area (Å²) in [7, 11) is 0. The smallest absolute Gasteiger partial charge is 0.270 e. The Morgan fingerprint density at radius 1 is 1.21 bits per heavy atom. The maximum atomic E-state index is 12.8. The highest BCUT2D eigenvalue weighted by Gasteiger charge is 2.20. The lowest BCUT2D eigenvalue weighted by molar-refractivity contribution is 0.0922. The first kappa shape index (κ1) is 18.6. The molecule has 7 nitrogen and oxygen atoms in total. The lowest BCUT2D eigenvalue weighted by atomic mass is 10.00. The van der Waals surface area contributed by atoms with Gasteiger partial charge in [-0.3, -0.25) is 9.69 Å². The number of aromatic nitrogens is 4. The van der Waals surface area contributed by atoms with Crippen molar-refractivity contribution < 1.29 is 4.79 Å². The molecule has 0 radical (unpaired) electrons. The Morgan fingerprint density at radius 2 is 2.00 bits per heavy atom. The number of hydrogen-bond donors (Lipinski definition) is 1. The van der Waals surface area contributed by atoms with Crippen molar-refractivity contribution in [1.82, 2.24) is 29.8 Å². The van der Waals surface area contributed by atoms with Crippen LogP contribution in [-0.2, 0) is 13.0 Å². The highest BCUT2D eigenvalue weighted by Crippen LogP contribution is 2.19. The summed E-state index contributed by atoms with van der Waals surface area (Å²) in [5, 5.41) is 7.29. The van der Waals surface area contributed by atoms with Crippen LogP contribution in [0.15, 0.2) is 36.7 Å². The maximum absolute atomic E-state index is 12.8. The molecule has 1 aliphatic rings. The highest BCUT2D eigenvalue weighted by molar-refractivity contribution is 5.93. The fraction of sp³-hybridized carbons (Fsp3) is 0.429. The lowest BCUT2D eigenvalue weighted by Gasteiger charge is -2.31. The second-order valence-corrected chi connectivity index (χ2v) is 7.82. The van der Waals surface area contributed by atoms with Gasteiger partial charge in [0.25, 0.3) is 11.7 Å². The van der Waals surface area contributed by atoms with Gasteiger partial charge in [-0.1, -0.05) is 38.1 Å². The lowest BCUT2D eigenvalue weighted by Crippen LogP contribution is -2.43. The van der Waals surface area contributed by atoms with Crippen LogP contribution in [0.5, 0.6) is 0 Å². The van der Waals surface area contributed by atoms with E-state index in [1.54, 1.807) is 4.52 Å². The van der Waals surface area contributed by atoms with Gasteiger partial charge in [-0.2, -0.15) is 10.1 Å². The van der Waals surface area contributed by atoms with E-state index in [2.05, 4.69) is 63.4 Å². The number of carbonyl (C=O) groups excluding carboxylic acids is 1.